The number of nitrogens with zero attached hydrogens (tertiary/aromatic N) is 3. The number of benzene rings is 1. The number of amides is 2. The van der Waals surface area contributed by atoms with Crippen LogP contribution in [0.25, 0.3) is 22.5 Å². The third-order valence-electron chi connectivity index (χ3n) is 6.84. The fourth-order valence-corrected chi connectivity index (χ4v) is 6.07. The van der Waals surface area contributed by atoms with Crippen LogP contribution in [0, 0.1) is 5.92 Å². The van der Waals surface area contributed by atoms with Crippen LogP contribution in [0.2, 0.25) is 25.7 Å². The molecule has 3 aromatic rings. The summed E-state index contributed by atoms with van der Waals surface area (Å²) >= 11 is 1.55. The Morgan fingerprint density at radius 3 is 2.56 bits per heavy atom. The van der Waals surface area contributed by atoms with Gasteiger partial charge in [-0.05, 0) is 43.3 Å². The smallest absolute Gasteiger partial charge is 0.227 e. The number of anilines is 2. The first-order chi connectivity index (χ1) is 18.7. The molecule has 8 nitrogen and oxygen atoms in total. The largest absolute Gasteiger partial charge is 0.361 e. The van der Waals surface area contributed by atoms with Crippen molar-refractivity contribution in [2.24, 2.45) is 5.92 Å². The zero-order chi connectivity index (χ0) is 28.0. The van der Waals surface area contributed by atoms with Crippen molar-refractivity contribution in [2.75, 3.05) is 23.5 Å². The van der Waals surface area contributed by atoms with Gasteiger partial charge in [0, 0.05) is 44.8 Å². The number of para-hydroxylation sites is 1. The third-order valence-corrected chi connectivity index (χ3v) is 9.22. The maximum absolute atomic E-state index is 13.1. The summed E-state index contributed by atoms with van der Waals surface area (Å²) in [4.78, 5) is 34.2. The van der Waals surface area contributed by atoms with Crippen molar-refractivity contribution in [1.29, 1.82) is 0 Å². The summed E-state index contributed by atoms with van der Waals surface area (Å²) in [6.45, 7) is 9.49. The Kier molecular flexibility index (Phi) is 9.63. The van der Waals surface area contributed by atoms with E-state index in [1.54, 1.807) is 18.0 Å². The minimum Gasteiger partial charge on any atom is -0.361 e. The lowest BCUT2D eigenvalue weighted by atomic mass is 10.0. The molecule has 1 aliphatic rings. The summed E-state index contributed by atoms with van der Waals surface area (Å²) < 4.78 is 8.27. The van der Waals surface area contributed by atoms with E-state index in [4.69, 9.17) is 9.72 Å². The van der Waals surface area contributed by atoms with Gasteiger partial charge in [0.2, 0.25) is 11.8 Å². The van der Waals surface area contributed by atoms with Gasteiger partial charge < -0.3 is 15.4 Å². The molecule has 208 valence electrons. The quantitative estimate of drug-likeness (QED) is 0.152. The van der Waals surface area contributed by atoms with Gasteiger partial charge in [-0.15, -0.1) is 0 Å². The van der Waals surface area contributed by atoms with Crippen LogP contribution in [0.3, 0.4) is 0 Å². The molecule has 0 aliphatic heterocycles. The van der Waals surface area contributed by atoms with Crippen molar-refractivity contribution in [3.05, 3.63) is 42.6 Å². The Balaban J connectivity index is 1.78. The van der Waals surface area contributed by atoms with E-state index in [0.717, 1.165) is 65.1 Å². The molecule has 2 amide bonds. The summed E-state index contributed by atoms with van der Waals surface area (Å²) in [6, 6.07) is 12.6. The molecule has 4 rings (SSSR count). The standard InChI is InChI=1S/C29H39N5O3SSi/c1-20(35)31-25-18-22(14-15-30-25)27-26(33-29(38-2)34(27)19-37-16-17-39(3,4)5)23-12-8-9-13-24(23)32-28(36)21-10-6-7-11-21/h8-9,12-15,18,21H,6-7,10-11,16-17,19H2,1-5H3,(H,32,36)(H,30,31,35). The van der Waals surface area contributed by atoms with Crippen LogP contribution in [0.4, 0.5) is 11.5 Å². The second-order valence-electron chi connectivity index (χ2n) is 11.2. The Labute approximate surface area is 236 Å². The Morgan fingerprint density at radius 1 is 1.13 bits per heavy atom. The van der Waals surface area contributed by atoms with E-state index in [2.05, 4.69) is 39.8 Å². The van der Waals surface area contributed by atoms with E-state index in [1.165, 1.54) is 6.92 Å². The van der Waals surface area contributed by atoms with Gasteiger partial charge >= 0.3 is 0 Å². The Morgan fingerprint density at radius 2 is 1.87 bits per heavy atom. The maximum atomic E-state index is 13.1. The second kappa shape index (κ2) is 12.9. The first-order valence-electron chi connectivity index (χ1n) is 13.5. The minimum absolute atomic E-state index is 0.0528. The maximum Gasteiger partial charge on any atom is 0.227 e. The molecule has 0 atom stereocenters. The number of ether oxygens (including phenoxy) is 1. The average molecular weight is 566 g/mol. The summed E-state index contributed by atoms with van der Waals surface area (Å²) in [5.41, 5.74) is 4.03. The fraction of sp³-hybridized carbons (Fsp3) is 0.448. The molecular formula is C29H39N5O3SSi. The highest BCUT2D eigenvalue weighted by atomic mass is 32.2. The molecule has 0 unspecified atom stereocenters. The van der Waals surface area contributed by atoms with Crippen molar-refractivity contribution in [2.45, 2.75) is 70.2 Å². The summed E-state index contributed by atoms with van der Waals surface area (Å²) in [5, 5.41) is 6.78. The van der Waals surface area contributed by atoms with Gasteiger partial charge in [-0.2, -0.15) is 0 Å². The van der Waals surface area contributed by atoms with Crippen molar-refractivity contribution >= 4 is 43.2 Å². The van der Waals surface area contributed by atoms with Crippen LogP contribution in [-0.2, 0) is 21.1 Å². The number of thioether (sulfide) groups is 1. The highest BCUT2D eigenvalue weighted by Gasteiger charge is 2.26. The number of aromatic nitrogens is 3. The number of pyridine rings is 1. The number of hydrogen-bond acceptors (Lipinski definition) is 6. The van der Waals surface area contributed by atoms with Crippen LogP contribution < -0.4 is 10.6 Å². The van der Waals surface area contributed by atoms with Gasteiger partial charge in [0.25, 0.3) is 0 Å². The molecule has 0 spiro atoms. The summed E-state index contributed by atoms with van der Waals surface area (Å²) in [7, 11) is -1.24. The zero-order valence-electron chi connectivity index (χ0n) is 23.5. The predicted octanol–water partition coefficient (Wildman–Crippen LogP) is 6.73. The topological polar surface area (TPSA) is 98.1 Å². The van der Waals surface area contributed by atoms with Crippen molar-refractivity contribution in [3.8, 4) is 22.5 Å². The molecule has 1 fully saturated rings. The van der Waals surface area contributed by atoms with Crippen molar-refractivity contribution in [3.63, 3.8) is 0 Å². The molecule has 1 saturated carbocycles. The van der Waals surface area contributed by atoms with Crippen LogP contribution in [0.1, 0.15) is 32.6 Å². The lowest BCUT2D eigenvalue weighted by Crippen LogP contribution is -2.22. The number of nitrogens with one attached hydrogen (secondary N) is 2. The lowest BCUT2D eigenvalue weighted by molar-refractivity contribution is -0.119. The molecule has 1 aromatic carbocycles. The molecule has 0 radical (unpaired) electrons. The van der Waals surface area contributed by atoms with E-state index >= 15 is 0 Å². The molecule has 10 heteroatoms. The van der Waals surface area contributed by atoms with E-state index < -0.39 is 8.07 Å². The fourth-order valence-electron chi connectivity index (χ4n) is 4.77. The van der Waals surface area contributed by atoms with Gasteiger partial charge in [0.1, 0.15) is 12.5 Å². The van der Waals surface area contributed by atoms with Crippen LogP contribution in [0.5, 0.6) is 0 Å². The first kappa shape index (κ1) is 29.0. The van der Waals surface area contributed by atoms with Gasteiger partial charge in [-0.3, -0.25) is 14.2 Å². The molecule has 1 aliphatic carbocycles. The lowest BCUT2D eigenvalue weighted by Gasteiger charge is -2.18. The van der Waals surface area contributed by atoms with Gasteiger partial charge in [0.05, 0.1) is 17.1 Å². The van der Waals surface area contributed by atoms with Crippen LogP contribution in [0.15, 0.2) is 47.8 Å². The first-order valence-corrected chi connectivity index (χ1v) is 18.5. The van der Waals surface area contributed by atoms with Crippen molar-refractivity contribution < 1.29 is 14.3 Å². The van der Waals surface area contributed by atoms with Crippen LogP contribution >= 0.6 is 11.8 Å². The third kappa shape index (κ3) is 7.58. The molecule has 0 bridgehead atoms. The number of imidazole rings is 1. The highest BCUT2D eigenvalue weighted by Crippen LogP contribution is 2.39. The van der Waals surface area contributed by atoms with Crippen molar-refractivity contribution in [1.82, 2.24) is 14.5 Å². The Bertz CT molecular complexity index is 1310. The minimum atomic E-state index is -1.24. The predicted molar refractivity (Wildman–Crippen MR) is 162 cm³/mol. The van der Waals surface area contributed by atoms with E-state index in [0.29, 0.717) is 19.2 Å². The van der Waals surface area contributed by atoms with Crippen LogP contribution in [-0.4, -0.2) is 47.3 Å². The van der Waals surface area contributed by atoms with E-state index in [9.17, 15) is 9.59 Å². The number of carbonyl (C=O) groups is 2. The molecule has 2 heterocycles. The summed E-state index contributed by atoms with van der Waals surface area (Å²) in [6.07, 6.45) is 7.74. The zero-order valence-corrected chi connectivity index (χ0v) is 25.4. The molecule has 2 aromatic heterocycles. The van der Waals surface area contributed by atoms with Gasteiger partial charge in [-0.1, -0.05) is 62.4 Å². The second-order valence-corrected chi connectivity index (χ2v) is 17.6. The molecule has 39 heavy (non-hydrogen) atoms. The SMILES string of the molecule is CSc1nc(-c2ccccc2NC(=O)C2CCCC2)c(-c2ccnc(NC(C)=O)c2)n1COCC[Si](C)(C)C. The number of carbonyl (C=O) groups excluding carboxylic acids is 2. The van der Waals surface area contributed by atoms with E-state index in [1.807, 2.05) is 42.7 Å². The molecule has 0 saturated heterocycles. The highest BCUT2D eigenvalue weighted by molar-refractivity contribution is 7.98. The molecule has 2 N–H and O–H groups in total. The Hall–Kier alpha value is -2.95. The number of rotatable bonds is 11. The monoisotopic (exact) mass is 565 g/mol. The summed E-state index contributed by atoms with van der Waals surface area (Å²) in [5.74, 6) is 0.397. The van der Waals surface area contributed by atoms with E-state index in [-0.39, 0.29) is 17.7 Å². The normalized spacial score (nSPS) is 14.0. The number of hydrogen-bond donors (Lipinski definition) is 2. The van der Waals surface area contributed by atoms with Gasteiger partial charge in [-0.25, -0.2) is 9.97 Å². The molecular weight excluding hydrogens is 527 g/mol. The average Bonchev–Trinajstić information content (AvgIpc) is 3.55. The van der Waals surface area contributed by atoms with Gasteiger partial charge in [0.15, 0.2) is 5.16 Å².